The Kier molecular flexibility index (Phi) is 2.88. The maximum atomic E-state index is 10.7. The molecule has 0 saturated carbocycles. The molecule has 0 radical (unpaired) electrons. The molecule has 0 bridgehead atoms. The Hall–Kier alpha value is -1.71. The number of hydrogen-bond donors (Lipinski definition) is 3. The predicted molar refractivity (Wildman–Crippen MR) is 50.7 cm³/mol. The normalized spacial score (nSPS) is 11.1. The molecule has 1 aromatic carbocycles. The molecule has 0 amide bonds. The van der Waals surface area contributed by atoms with Gasteiger partial charge >= 0.3 is 0 Å². The van der Waals surface area contributed by atoms with Gasteiger partial charge in [-0.3, -0.25) is 20.5 Å². The number of benzene rings is 1. The van der Waals surface area contributed by atoms with Crippen LogP contribution in [0.15, 0.2) is 23.1 Å². The van der Waals surface area contributed by atoms with E-state index < -0.39 is 25.6 Å². The van der Waals surface area contributed by atoms with E-state index in [9.17, 15) is 18.5 Å². The first-order valence-corrected chi connectivity index (χ1v) is 5.03. The molecule has 0 aromatic heterocycles. The lowest BCUT2D eigenvalue weighted by atomic mass is 10.3. The third kappa shape index (κ3) is 2.40. The smallest absolute Gasteiger partial charge is 0.295 e. The largest absolute Gasteiger partial charge is 0.318 e. The molecule has 8 nitrogen and oxygen atoms in total. The van der Waals surface area contributed by atoms with Crippen LogP contribution in [0.25, 0.3) is 0 Å². The molecule has 9 heteroatoms. The molecule has 4 N–H and O–H groups in total. The number of nitro groups is 1. The number of nitro benzene ring substituents is 1. The van der Waals surface area contributed by atoms with Crippen molar-refractivity contribution < 1.29 is 17.9 Å². The van der Waals surface area contributed by atoms with Crippen molar-refractivity contribution in [3.63, 3.8) is 0 Å². The molecule has 0 fully saturated rings. The third-order valence-corrected chi connectivity index (χ3v) is 2.47. The fourth-order valence-corrected chi connectivity index (χ4v) is 1.45. The van der Waals surface area contributed by atoms with E-state index in [1.807, 2.05) is 5.43 Å². The zero-order chi connectivity index (χ0) is 11.6. The lowest BCUT2D eigenvalue weighted by Crippen LogP contribution is -2.10. The van der Waals surface area contributed by atoms with E-state index in [1.165, 1.54) is 0 Å². The second-order valence-electron chi connectivity index (χ2n) is 2.56. The van der Waals surface area contributed by atoms with Gasteiger partial charge in [-0.2, -0.15) is 8.42 Å². The highest BCUT2D eigenvalue weighted by atomic mass is 32.2. The number of nitrogens with one attached hydrogen (secondary N) is 1. The van der Waals surface area contributed by atoms with E-state index in [1.54, 1.807) is 0 Å². The molecule has 1 rings (SSSR count). The van der Waals surface area contributed by atoms with Crippen molar-refractivity contribution in [2.24, 2.45) is 5.84 Å². The van der Waals surface area contributed by atoms with Crippen molar-refractivity contribution in [2.75, 3.05) is 5.43 Å². The minimum Gasteiger partial charge on any atom is -0.318 e. The van der Waals surface area contributed by atoms with Crippen LogP contribution >= 0.6 is 0 Å². The van der Waals surface area contributed by atoms with Gasteiger partial charge in [-0.15, -0.1) is 0 Å². The number of nitrogens with zero attached hydrogens (tertiary/aromatic N) is 1. The number of nitrogen functional groups attached to an aromatic ring is 1. The Morgan fingerprint density at radius 3 is 2.47 bits per heavy atom. The van der Waals surface area contributed by atoms with Crippen LogP contribution in [0.3, 0.4) is 0 Å². The third-order valence-electron chi connectivity index (χ3n) is 1.62. The Bertz CT molecular complexity index is 497. The number of hydrazine groups is 1. The Morgan fingerprint density at radius 2 is 2.07 bits per heavy atom. The summed E-state index contributed by atoms with van der Waals surface area (Å²) < 4.78 is 30.0. The molecule has 15 heavy (non-hydrogen) atoms. The van der Waals surface area contributed by atoms with Gasteiger partial charge < -0.3 is 5.43 Å². The fourth-order valence-electron chi connectivity index (χ4n) is 0.945. The van der Waals surface area contributed by atoms with Crippen molar-refractivity contribution in [2.45, 2.75) is 4.90 Å². The van der Waals surface area contributed by atoms with Crippen molar-refractivity contribution in [3.8, 4) is 0 Å². The second-order valence-corrected chi connectivity index (χ2v) is 3.98. The van der Waals surface area contributed by atoms with Gasteiger partial charge in [0, 0.05) is 6.07 Å². The van der Waals surface area contributed by atoms with Crippen LogP contribution in [0.5, 0.6) is 0 Å². The summed E-state index contributed by atoms with van der Waals surface area (Å²) in [6.45, 7) is 0. The van der Waals surface area contributed by atoms with Gasteiger partial charge in [-0.1, -0.05) is 0 Å². The highest BCUT2D eigenvalue weighted by Crippen LogP contribution is 2.26. The minimum absolute atomic E-state index is 0.0487. The Labute approximate surface area is 84.6 Å². The topological polar surface area (TPSA) is 136 Å². The summed E-state index contributed by atoms with van der Waals surface area (Å²) in [5, 5.41) is 10.5. The summed E-state index contributed by atoms with van der Waals surface area (Å²) in [7, 11) is -4.46. The molecule has 82 valence electrons. The first kappa shape index (κ1) is 11.4. The molecule has 0 aliphatic rings. The van der Waals surface area contributed by atoms with Gasteiger partial charge in [0.25, 0.3) is 15.8 Å². The standard InChI is InChI=1S/C6H7N3O5S/c7-8-5-2-1-4(15(12,13)14)3-6(5)9(10)11/h1-3,8H,7H2,(H,12,13,14). The molecular formula is C6H7N3O5S. The van der Waals surface area contributed by atoms with Crippen LogP contribution in [0.1, 0.15) is 0 Å². The molecule has 0 atom stereocenters. The molecule has 0 saturated heterocycles. The number of rotatable bonds is 3. The second kappa shape index (κ2) is 3.81. The zero-order valence-corrected chi connectivity index (χ0v) is 8.06. The van der Waals surface area contributed by atoms with E-state index in [-0.39, 0.29) is 5.69 Å². The number of anilines is 1. The van der Waals surface area contributed by atoms with Gasteiger partial charge in [-0.05, 0) is 12.1 Å². The monoisotopic (exact) mass is 233 g/mol. The lowest BCUT2D eigenvalue weighted by molar-refractivity contribution is -0.384. The highest BCUT2D eigenvalue weighted by molar-refractivity contribution is 7.85. The lowest BCUT2D eigenvalue weighted by Gasteiger charge is -2.02. The van der Waals surface area contributed by atoms with E-state index in [4.69, 9.17) is 10.4 Å². The minimum atomic E-state index is -4.46. The first-order valence-electron chi connectivity index (χ1n) is 3.59. The quantitative estimate of drug-likeness (QED) is 0.292. The van der Waals surface area contributed by atoms with Gasteiger partial charge in [-0.25, -0.2) is 0 Å². The highest BCUT2D eigenvalue weighted by Gasteiger charge is 2.18. The van der Waals surface area contributed by atoms with E-state index in [2.05, 4.69) is 0 Å². The predicted octanol–water partition coefficient (Wildman–Crippen LogP) is 0.127. The molecule has 0 aliphatic carbocycles. The van der Waals surface area contributed by atoms with Crippen LogP contribution in [-0.2, 0) is 10.1 Å². The zero-order valence-electron chi connectivity index (χ0n) is 7.25. The number of nitrogens with two attached hydrogens (primary N) is 1. The summed E-state index contributed by atoms with van der Waals surface area (Å²) in [6, 6.07) is 2.79. The average Bonchev–Trinajstić information content (AvgIpc) is 2.15. The molecule has 0 spiro atoms. The van der Waals surface area contributed by atoms with Crippen molar-refractivity contribution in [1.82, 2.24) is 0 Å². The van der Waals surface area contributed by atoms with Crippen LogP contribution in [0.4, 0.5) is 11.4 Å². The maximum absolute atomic E-state index is 10.7. The Morgan fingerprint density at radius 1 is 1.47 bits per heavy atom. The van der Waals surface area contributed by atoms with Crippen LogP contribution in [0, 0.1) is 10.1 Å². The van der Waals surface area contributed by atoms with Crippen LogP contribution < -0.4 is 11.3 Å². The molecule has 1 aromatic rings. The van der Waals surface area contributed by atoms with Gasteiger partial charge in [0.2, 0.25) is 0 Å². The van der Waals surface area contributed by atoms with Gasteiger partial charge in [0.05, 0.1) is 4.92 Å². The average molecular weight is 233 g/mol. The van der Waals surface area contributed by atoms with E-state index in [0.29, 0.717) is 6.07 Å². The van der Waals surface area contributed by atoms with Crippen molar-refractivity contribution in [3.05, 3.63) is 28.3 Å². The summed E-state index contributed by atoms with van der Waals surface area (Å²) in [5.74, 6) is 4.98. The van der Waals surface area contributed by atoms with Gasteiger partial charge in [0.15, 0.2) is 0 Å². The molecule has 0 heterocycles. The molecule has 0 aliphatic heterocycles. The maximum Gasteiger partial charge on any atom is 0.295 e. The van der Waals surface area contributed by atoms with Crippen molar-refractivity contribution >= 4 is 21.5 Å². The first-order chi connectivity index (χ1) is 6.86. The Balaban J connectivity index is 3.42. The molecular weight excluding hydrogens is 226 g/mol. The molecule has 0 unspecified atom stereocenters. The van der Waals surface area contributed by atoms with Crippen LogP contribution in [0.2, 0.25) is 0 Å². The summed E-state index contributed by atoms with van der Waals surface area (Å²) >= 11 is 0. The SMILES string of the molecule is NNc1ccc(S(=O)(=O)O)cc1[N+](=O)[O-]. The summed E-state index contributed by atoms with van der Waals surface area (Å²) in [5.41, 5.74) is 1.45. The number of hydrogen-bond acceptors (Lipinski definition) is 6. The summed E-state index contributed by atoms with van der Waals surface area (Å²) in [4.78, 5) is 9.12. The summed E-state index contributed by atoms with van der Waals surface area (Å²) in [6.07, 6.45) is 0. The van der Waals surface area contributed by atoms with Crippen molar-refractivity contribution in [1.29, 1.82) is 0 Å². The van der Waals surface area contributed by atoms with E-state index >= 15 is 0 Å². The fraction of sp³-hybridized carbons (Fsp3) is 0. The van der Waals surface area contributed by atoms with E-state index in [0.717, 1.165) is 12.1 Å². The van der Waals surface area contributed by atoms with Gasteiger partial charge in [0.1, 0.15) is 10.6 Å². The van der Waals surface area contributed by atoms with Crippen LogP contribution in [-0.4, -0.2) is 17.9 Å².